The van der Waals surface area contributed by atoms with E-state index >= 15 is 0 Å². The Morgan fingerprint density at radius 2 is 1.83 bits per heavy atom. The van der Waals surface area contributed by atoms with Crippen LogP contribution in [0, 0.1) is 5.41 Å². The molecule has 0 aliphatic heterocycles. The average molecular weight is 251 g/mol. The molecule has 0 saturated carbocycles. The number of hydroxylamine groups is 2. The molecular formula is C14H21NO3. The molecule has 100 valence electrons. The van der Waals surface area contributed by atoms with Gasteiger partial charge in [0.15, 0.2) is 0 Å². The maximum Gasteiger partial charge on any atom is 0.434 e. The van der Waals surface area contributed by atoms with Crippen LogP contribution in [0.2, 0.25) is 0 Å². The Morgan fingerprint density at radius 3 is 2.33 bits per heavy atom. The second kappa shape index (κ2) is 6.40. The number of carbonyl (C=O) groups excluding carboxylic acids is 1. The molecule has 0 aliphatic rings. The van der Waals surface area contributed by atoms with Gasteiger partial charge in [0.1, 0.15) is 6.61 Å². The van der Waals surface area contributed by atoms with E-state index < -0.39 is 6.09 Å². The molecule has 0 aromatic heterocycles. The van der Waals surface area contributed by atoms with E-state index in [-0.39, 0.29) is 12.0 Å². The van der Waals surface area contributed by atoms with Gasteiger partial charge in [-0.1, -0.05) is 51.1 Å². The molecule has 0 fully saturated rings. The first-order valence-corrected chi connectivity index (χ1v) is 5.95. The molecule has 18 heavy (non-hydrogen) atoms. The van der Waals surface area contributed by atoms with Crippen LogP contribution in [0.5, 0.6) is 0 Å². The van der Waals surface area contributed by atoms with Crippen LogP contribution in [0.15, 0.2) is 30.3 Å². The van der Waals surface area contributed by atoms with Crippen molar-refractivity contribution in [2.45, 2.75) is 27.4 Å². The number of nitrogens with zero attached hydrogens (tertiary/aromatic N) is 1. The topological polar surface area (TPSA) is 38.8 Å². The van der Waals surface area contributed by atoms with Crippen molar-refractivity contribution in [3.8, 4) is 0 Å². The van der Waals surface area contributed by atoms with Gasteiger partial charge in [-0.05, 0) is 11.0 Å². The molecule has 0 saturated heterocycles. The lowest BCUT2D eigenvalue weighted by molar-refractivity contribution is -0.125. The fourth-order valence-electron chi connectivity index (χ4n) is 1.43. The minimum atomic E-state index is -0.462. The van der Waals surface area contributed by atoms with Gasteiger partial charge in [0.25, 0.3) is 0 Å². The van der Waals surface area contributed by atoms with E-state index in [1.165, 1.54) is 12.2 Å². The lowest BCUT2D eigenvalue weighted by Gasteiger charge is -2.26. The van der Waals surface area contributed by atoms with Gasteiger partial charge in [-0.15, -0.1) is 0 Å². The Morgan fingerprint density at radius 1 is 1.22 bits per heavy atom. The molecule has 0 aliphatic carbocycles. The maximum absolute atomic E-state index is 11.8. The normalized spacial score (nSPS) is 11.1. The van der Waals surface area contributed by atoms with Crippen molar-refractivity contribution in [3.63, 3.8) is 0 Å². The molecule has 1 rings (SSSR count). The molecule has 0 unspecified atom stereocenters. The van der Waals surface area contributed by atoms with Crippen molar-refractivity contribution in [1.82, 2.24) is 5.06 Å². The Labute approximate surface area is 108 Å². The molecule has 0 radical (unpaired) electrons. The SMILES string of the molecule is CON(CC(C)(C)C)C(=O)OCc1ccccc1. The van der Waals surface area contributed by atoms with Gasteiger partial charge in [0, 0.05) is 0 Å². The number of hydrogen-bond acceptors (Lipinski definition) is 3. The molecule has 4 nitrogen and oxygen atoms in total. The highest BCUT2D eigenvalue weighted by molar-refractivity contribution is 5.66. The first-order chi connectivity index (χ1) is 8.42. The number of benzene rings is 1. The Kier molecular flexibility index (Phi) is 5.16. The highest BCUT2D eigenvalue weighted by Gasteiger charge is 2.22. The van der Waals surface area contributed by atoms with Crippen LogP contribution in [-0.2, 0) is 16.2 Å². The summed E-state index contributed by atoms with van der Waals surface area (Å²) in [6.45, 7) is 6.83. The predicted molar refractivity (Wildman–Crippen MR) is 69.8 cm³/mol. The highest BCUT2D eigenvalue weighted by atomic mass is 16.7. The molecule has 0 bridgehead atoms. The summed E-state index contributed by atoms with van der Waals surface area (Å²) in [5.41, 5.74) is 0.916. The van der Waals surface area contributed by atoms with Crippen molar-refractivity contribution in [2.75, 3.05) is 13.7 Å². The highest BCUT2D eigenvalue weighted by Crippen LogP contribution is 2.16. The van der Waals surface area contributed by atoms with Crippen LogP contribution in [0.3, 0.4) is 0 Å². The van der Waals surface area contributed by atoms with Gasteiger partial charge in [0.2, 0.25) is 0 Å². The van der Waals surface area contributed by atoms with E-state index in [1.54, 1.807) is 0 Å². The summed E-state index contributed by atoms with van der Waals surface area (Å²) in [7, 11) is 1.47. The van der Waals surface area contributed by atoms with E-state index in [4.69, 9.17) is 9.57 Å². The molecule has 1 aromatic carbocycles. The van der Waals surface area contributed by atoms with E-state index in [1.807, 2.05) is 51.1 Å². The molecular weight excluding hydrogens is 230 g/mol. The molecule has 0 N–H and O–H groups in total. The van der Waals surface area contributed by atoms with E-state index in [9.17, 15) is 4.79 Å². The van der Waals surface area contributed by atoms with Gasteiger partial charge in [0.05, 0.1) is 13.7 Å². The zero-order valence-corrected chi connectivity index (χ0v) is 11.5. The quantitative estimate of drug-likeness (QED) is 0.771. The predicted octanol–water partition coefficient (Wildman–Crippen LogP) is 3.23. The first kappa shape index (κ1) is 14.5. The van der Waals surface area contributed by atoms with Gasteiger partial charge in [-0.2, -0.15) is 5.06 Å². The van der Waals surface area contributed by atoms with Crippen LogP contribution >= 0.6 is 0 Å². The summed E-state index contributed by atoms with van der Waals surface area (Å²) in [4.78, 5) is 16.8. The van der Waals surface area contributed by atoms with Crippen LogP contribution < -0.4 is 0 Å². The second-order valence-electron chi connectivity index (χ2n) is 5.32. The van der Waals surface area contributed by atoms with Crippen LogP contribution in [0.4, 0.5) is 4.79 Å². The Bertz CT molecular complexity index is 370. The van der Waals surface area contributed by atoms with Crippen molar-refractivity contribution < 1.29 is 14.4 Å². The van der Waals surface area contributed by atoms with Gasteiger partial charge in [-0.25, -0.2) is 4.79 Å². The molecule has 0 spiro atoms. The third-order valence-electron chi connectivity index (χ3n) is 2.25. The molecule has 0 heterocycles. The zero-order valence-electron chi connectivity index (χ0n) is 11.5. The fraction of sp³-hybridized carbons (Fsp3) is 0.500. The number of hydrogen-bond donors (Lipinski definition) is 0. The number of carbonyl (C=O) groups is 1. The fourth-order valence-corrected chi connectivity index (χ4v) is 1.43. The molecule has 1 amide bonds. The van der Waals surface area contributed by atoms with Gasteiger partial charge < -0.3 is 4.74 Å². The van der Waals surface area contributed by atoms with E-state index in [2.05, 4.69) is 0 Å². The zero-order chi connectivity index (χ0) is 13.6. The van der Waals surface area contributed by atoms with Crippen LogP contribution in [-0.4, -0.2) is 24.8 Å². The average Bonchev–Trinajstić information content (AvgIpc) is 2.33. The van der Waals surface area contributed by atoms with Crippen molar-refractivity contribution in [2.24, 2.45) is 5.41 Å². The minimum absolute atomic E-state index is 0.0399. The van der Waals surface area contributed by atoms with Crippen LogP contribution in [0.1, 0.15) is 26.3 Å². The standard InChI is InChI=1S/C14H21NO3/c1-14(2,3)11-15(17-4)13(16)18-10-12-8-6-5-7-9-12/h5-9H,10-11H2,1-4H3. The summed E-state index contributed by atoms with van der Waals surface area (Å²) in [5.74, 6) is 0. The lowest BCUT2D eigenvalue weighted by atomic mass is 9.97. The monoisotopic (exact) mass is 251 g/mol. The van der Waals surface area contributed by atoms with Gasteiger partial charge >= 0.3 is 6.09 Å². The number of ether oxygens (including phenoxy) is 1. The van der Waals surface area contributed by atoms with E-state index in [0.717, 1.165) is 5.56 Å². The third-order valence-corrected chi connectivity index (χ3v) is 2.25. The third kappa shape index (κ3) is 5.19. The summed E-state index contributed by atoms with van der Waals surface area (Å²) < 4.78 is 5.19. The largest absolute Gasteiger partial charge is 0.443 e. The summed E-state index contributed by atoms with van der Waals surface area (Å²) in [6.07, 6.45) is -0.462. The van der Waals surface area contributed by atoms with Gasteiger partial charge in [-0.3, -0.25) is 4.84 Å². The molecule has 1 aromatic rings. The lowest BCUT2D eigenvalue weighted by Crippen LogP contribution is -2.37. The molecule has 4 heteroatoms. The Balaban J connectivity index is 2.48. The van der Waals surface area contributed by atoms with Crippen molar-refractivity contribution in [3.05, 3.63) is 35.9 Å². The van der Waals surface area contributed by atoms with Crippen LogP contribution in [0.25, 0.3) is 0 Å². The number of amides is 1. The van der Waals surface area contributed by atoms with Crippen molar-refractivity contribution >= 4 is 6.09 Å². The van der Waals surface area contributed by atoms with E-state index in [0.29, 0.717) is 6.54 Å². The summed E-state index contributed by atoms with van der Waals surface area (Å²) >= 11 is 0. The molecule has 0 atom stereocenters. The maximum atomic E-state index is 11.8. The summed E-state index contributed by atoms with van der Waals surface area (Å²) in [6, 6.07) is 9.56. The number of rotatable bonds is 4. The summed E-state index contributed by atoms with van der Waals surface area (Å²) in [5, 5.41) is 1.24. The Hall–Kier alpha value is -1.55. The first-order valence-electron chi connectivity index (χ1n) is 5.95. The van der Waals surface area contributed by atoms with Crippen molar-refractivity contribution in [1.29, 1.82) is 0 Å². The smallest absolute Gasteiger partial charge is 0.434 e. The minimum Gasteiger partial charge on any atom is -0.443 e. The second-order valence-corrected chi connectivity index (χ2v) is 5.32.